The van der Waals surface area contributed by atoms with Crippen molar-refractivity contribution in [2.75, 3.05) is 23.4 Å². The van der Waals surface area contributed by atoms with Crippen molar-refractivity contribution in [2.45, 2.75) is 26.8 Å². The second-order valence-corrected chi connectivity index (χ2v) is 7.52. The molecule has 1 aromatic carbocycles. The Hall–Kier alpha value is -3.33. The Labute approximate surface area is 179 Å². The van der Waals surface area contributed by atoms with E-state index in [4.69, 9.17) is 4.74 Å². The van der Waals surface area contributed by atoms with Gasteiger partial charge in [-0.05, 0) is 51.1 Å². The van der Waals surface area contributed by atoms with E-state index in [1.54, 1.807) is 23.8 Å². The van der Waals surface area contributed by atoms with E-state index in [-0.39, 0.29) is 5.69 Å². The number of aromatic nitrogens is 3. The highest BCUT2D eigenvalue weighted by Gasteiger charge is 2.16. The number of anilines is 2. The third-order valence-corrected chi connectivity index (χ3v) is 5.09. The summed E-state index contributed by atoms with van der Waals surface area (Å²) >= 11 is 1.23. The minimum absolute atomic E-state index is 0.118. The lowest BCUT2D eigenvalue weighted by Gasteiger charge is -2.27. The number of nitrogens with zero attached hydrogens (tertiary/aromatic N) is 4. The van der Waals surface area contributed by atoms with Crippen LogP contribution < -0.4 is 10.2 Å². The highest BCUT2D eigenvalue weighted by Crippen LogP contribution is 2.21. The fourth-order valence-electron chi connectivity index (χ4n) is 2.86. The maximum atomic E-state index is 12.2. The molecule has 1 N–H and O–H groups in total. The number of benzene rings is 1. The molecular formula is C21H23N5O3S. The number of carbonyl (C=O) groups is 2. The summed E-state index contributed by atoms with van der Waals surface area (Å²) < 4.78 is 5.07. The molecule has 2 aromatic heterocycles. The van der Waals surface area contributed by atoms with E-state index in [1.165, 1.54) is 11.3 Å². The molecule has 3 rings (SSSR count). The van der Waals surface area contributed by atoms with Crippen LogP contribution in [0.1, 0.15) is 31.3 Å². The lowest BCUT2D eigenvalue weighted by molar-refractivity contribution is -0.119. The van der Waals surface area contributed by atoms with Gasteiger partial charge in [-0.1, -0.05) is 0 Å². The predicted molar refractivity (Wildman–Crippen MR) is 117 cm³/mol. The quantitative estimate of drug-likeness (QED) is 0.550. The summed E-state index contributed by atoms with van der Waals surface area (Å²) in [7, 11) is 0. The molecule has 0 aliphatic carbocycles. The van der Waals surface area contributed by atoms with Gasteiger partial charge in [0, 0.05) is 41.7 Å². The summed E-state index contributed by atoms with van der Waals surface area (Å²) in [6.45, 7) is 6.86. The Bertz CT molecular complexity index is 989. The average Bonchev–Trinajstić information content (AvgIpc) is 3.25. The molecule has 0 saturated carbocycles. The zero-order valence-electron chi connectivity index (χ0n) is 17.0. The second kappa shape index (κ2) is 9.93. The SMILES string of the molecule is CCN(c1ccc(NC(=O)COC(=O)c2csc(-c3ncccn3)n2)cc1)C(C)C. The third kappa shape index (κ3) is 5.38. The number of hydrogen-bond acceptors (Lipinski definition) is 8. The van der Waals surface area contributed by atoms with Crippen LogP contribution in [0.4, 0.5) is 11.4 Å². The van der Waals surface area contributed by atoms with Gasteiger partial charge in [0.15, 0.2) is 23.1 Å². The highest BCUT2D eigenvalue weighted by atomic mass is 32.1. The third-order valence-electron chi connectivity index (χ3n) is 4.25. The largest absolute Gasteiger partial charge is 0.451 e. The average molecular weight is 426 g/mol. The van der Waals surface area contributed by atoms with Crippen LogP contribution in [0.25, 0.3) is 10.8 Å². The Morgan fingerprint density at radius 2 is 1.87 bits per heavy atom. The molecule has 0 unspecified atom stereocenters. The van der Waals surface area contributed by atoms with Crippen LogP contribution in [-0.4, -0.2) is 46.0 Å². The molecule has 3 aromatic rings. The molecule has 0 bridgehead atoms. The van der Waals surface area contributed by atoms with Gasteiger partial charge in [-0.3, -0.25) is 4.79 Å². The van der Waals surface area contributed by atoms with E-state index in [9.17, 15) is 9.59 Å². The fourth-order valence-corrected chi connectivity index (χ4v) is 3.60. The summed E-state index contributed by atoms with van der Waals surface area (Å²) in [4.78, 5) is 38.9. The maximum absolute atomic E-state index is 12.2. The molecule has 0 fully saturated rings. The molecule has 8 nitrogen and oxygen atoms in total. The van der Waals surface area contributed by atoms with Crippen LogP contribution in [-0.2, 0) is 9.53 Å². The van der Waals surface area contributed by atoms with Crippen LogP contribution in [0.15, 0.2) is 48.1 Å². The zero-order chi connectivity index (χ0) is 21.5. The summed E-state index contributed by atoms with van der Waals surface area (Å²) in [6.07, 6.45) is 3.20. The van der Waals surface area contributed by atoms with Gasteiger partial charge in [0.1, 0.15) is 0 Å². The maximum Gasteiger partial charge on any atom is 0.358 e. The second-order valence-electron chi connectivity index (χ2n) is 6.66. The summed E-state index contributed by atoms with van der Waals surface area (Å²) in [5.41, 5.74) is 1.84. The number of amides is 1. The van der Waals surface area contributed by atoms with Crippen molar-refractivity contribution < 1.29 is 14.3 Å². The van der Waals surface area contributed by atoms with E-state index in [1.807, 2.05) is 24.3 Å². The van der Waals surface area contributed by atoms with Gasteiger partial charge in [-0.15, -0.1) is 11.3 Å². The molecule has 0 saturated heterocycles. The molecule has 0 spiro atoms. The van der Waals surface area contributed by atoms with Crippen molar-refractivity contribution in [3.05, 3.63) is 53.8 Å². The van der Waals surface area contributed by atoms with Crippen molar-refractivity contribution in [1.82, 2.24) is 15.0 Å². The summed E-state index contributed by atoms with van der Waals surface area (Å²) in [5, 5.41) is 4.78. The van der Waals surface area contributed by atoms with Crippen LogP contribution in [0.2, 0.25) is 0 Å². The van der Waals surface area contributed by atoms with E-state index < -0.39 is 18.5 Å². The van der Waals surface area contributed by atoms with Gasteiger partial charge in [-0.2, -0.15) is 0 Å². The minimum Gasteiger partial charge on any atom is -0.451 e. The van der Waals surface area contributed by atoms with Gasteiger partial charge >= 0.3 is 5.97 Å². The van der Waals surface area contributed by atoms with E-state index in [0.29, 0.717) is 22.6 Å². The van der Waals surface area contributed by atoms with E-state index in [2.05, 4.69) is 45.9 Å². The topological polar surface area (TPSA) is 97.3 Å². The number of thiazole rings is 1. The molecule has 30 heavy (non-hydrogen) atoms. The number of carbonyl (C=O) groups excluding carboxylic acids is 2. The molecule has 2 heterocycles. The first-order chi connectivity index (χ1) is 14.5. The monoisotopic (exact) mass is 425 g/mol. The molecule has 0 aliphatic heterocycles. The smallest absolute Gasteiger partial charge is 0.358 e. The van der Waals surface area contributed by atoms with Gasteiger partial charge in [0.2, 0.25) is 0 Å². The van der Waals surface area contributed by atoms with Gasteiger partial charge in [-0.25, -0.2) is 19.7 Å². The summed E-state index contributed by atoms with van der Waals surface area (Å²) in [5.74, 6) is -0.662. The molecule has 156 valence electrons. The van der Waals surface area contributed by atoms with Gasteiger partial charge in [0.05, 0.1) is 0 Å². The van der Waals surface area contributed by atoms with Crippen molar-refractivity contribution in [3.63, 3.8) is 0 Å². The summed E-state index contributed by atoms with van der Waals surface area (Å²) in [6, 6.07) is 9.64. The molecular weight excluding hydrogens is 402 g/mol. The van der Waals surface area contributed by atoms with E-state index >= 15 is 0 Å². The number of nitrogens with one attached hydrogen (secondary N) is 1. The number of rotatable bonds is 8. The first-order valence-electron chi connectivity index (χ1n) is 9.54. The predicted octanol–water partition coefficient (Wildman–Crippen LogP) is 3.63. The normalized spacial score (nSPS) is 10.7. The molecule has 0 radical (unpaired) electrons. The van der Waals surface area contributed by atoms with Crippen molar-refractivity contribution in [3.8, 4) is 10.8 Å². The Kier molecular flexibility index (Phi) is 7.08. The van der Waals surface area contributed by atoms with Crippen LogP contribution >= 0.6 is 11.3 Å². The number of ether oxygens (including phenoxy) is 1. The molecule has 9 heteroatoms. The first-order valence-corrected chi connectivity index (χ1v) is 10.4. The van der Waals surface area contributed by atoms with Crippen LogP contribution in [0.5, 0.6) is 0 Å². The van der Waals surface area contributed by atoms with Crippen LogP contribution in [0.3, 0.4) is 0 Å². The fraction of sp³-hybridized carbons (Fsp3) is 0.286. The molecule has 1 amide bonds. The minimum atomic E-state index is -0.672. The first kappa shape index (κ1) is 21.4. The standard InChI is InChI=1S/C21H23N5O3S/c1-4-26(14(2)3)16-8-6-15(7-9-16)24-18(27)12-29-21(28)17-13-30-20(25-17)19-22-10-5-11-23-19/h5-11,13-14H,4,12H2,1-3H3,(H,24,27). The lowest BCUT2D eigenvalue weighted by Crippen LogP contribution is -2.30. The molecule has 0 aliphatic rings. The van der Waals surface area contributed by atoms with Gasteiger partial charge in [0.25, 0.3) is 5.91 Å². The Morgan fingerprint density at radius 3 is 2.50 bits per heavy atom. The van der Waals surface area contributed by atoms with Crippen molar-refractivity contribution >= 4 is 34.6 Å². The Morgan fingerprint density at radius 1 is 1.17 bits per heavy atom. The Balaban J connectivity index is 1.52. The lowest BCUT2D eigenvalue weighted by atomic mass is 10.2. The number of esters is 1. The van der Waals surface area contributed by atoms with Crippen LogP contribution in [0, 0.1) is 0 Å². The van der Waals surface area contributed by atoms with Crippen molar-refractivity contribution in [1.29, 1.82) is 0 Å². The zero-order valence-corrected chi connectivity index (χ0v) is 17.8. The molecule has 0 atom stereocenters. The van der Waals surface area contributed by atoms with E-state index in [0.717, 1.165) is 12.2 Å². The van der Waals surface area contributed by atoms with Crippen molar-refractivity contribution in [2.24, 2.45) is 0 Å². The van der Waals surface area contributed by atoms with Gasteiger partial charge < -0.3 is 15.0 Å². The highest BCUT2D eigenvalue weighted by molar-refractivity contribution is 7.13. The number of hydrogen-bond donors (Lipinski definition) is 1.